The van der Waals surface area contributed by atoms with Crippen LogP contribution in [0.25, 0.3) is 0 Å². The Hall–Kier alpha value is -2.79. The lowest BCUT2D eigenvalue weighted by molar-refractivity contribution is 0.0952. The standard InChI is InChI=1S/C23H26ClN3O2/c1-16-8-9-21(24)22(12-16)29-15-19-6-4-7-20(14-19)23(28)25-10-5-11-27-18(3)13-17(2)26-27/h4,6-9,12-14H,5,10-11,15H2,1-3H3,(H,25,28). The summed E-state index contributed by atoms with van der Waals surface area (Å²) in [6.07, 6.45) is 0.822. The van der Waals surface area contributed by atoms with Crippen molar-refractivity contribution >= 4 is 17.5 Å². The fraction of sp³-hybridized carbons (Fsp3) is 0.304. The summed E-state index contributed by atoms with van der Waals surface area (Å²) < 4.78 is 7.79. The number of aromatic nitrogens is 2. The number of carbonyl (C=O) groups is 1. The van der Waals surface area contributed by atoms with E-state index in [-0.39, 0.29) is 5.91 Å². The van der Waals surface area contributed by atoms with Gasteiger partial charge in [0.1, 0.15) is 12.4 Å². The molecular formula is C23H26ClN3O2. The number of nitrogens with one attached hydrogen (secondary N) is 1. The van der Waals surface area contributed by atoms with Gasteiger partial charge < -0.3 is 10.1 Å². The highest BCUT2D eigenvalue weighted by Crippen LogP contribution is 2.26. The maximum absolute atomic E-state index is 12.5. The molecule has 6 heteroatoms. The van der Waals surface area contributed by atoms with Crippen LogP contribution in [0.3, 0.4) is 0 Å². The predicted molar refractivity (Wildman–Crippen MR) is 116 cm³/mol. The first-order valence-corrected chi connectivity index (χ1v) is 10.1. The fourth-order valence-corrected chi connectivity index (χ4v) is 3.29. The molecule has 0 unspecified atom stereocenters. The molecule has 0 saturated heterocycles. The van der Waals surface area contributed by atoms with Crippen molar-refractivity contribution in [2.24, 2.45) is 0 Å². The number of rotatable bonds is 8. The van der Waals surface area contributed by atoms with Crippen molar-refractivity contribution in [3.05, 3.63) is 81.6 Å². The van der Waals surface area contributed by atoms with Gasteiger partial charge in [0.25, 0.3) is 5.91 Å². The van der Waals surface area contributed by atoms with E-state index in [4.69, 9.17) is 16.3 Å². The number of ether oxygens (including phenoxy) is 1. The van der Waals surface area contributed by atoms with E-state index < -0.39 is 0 Å². The summed E-state index contributed by atoms with van der Waals surface area (Å²) in [6.45, 7) is 7.73. The molecule has 0 aliphatic rings. The summed E-state index contributed by atoms with van der Waals surface area (Å²) in [7, 11) is 0. The quantitative estimate of drug-likeness (QED) is 0.538. The Bertz CT molecular complexity index is 998. The van der Waals surface area contributed by atoms with Crippen molar-refractivity contribution in [2.75, 3.05) is 6.54 Å². The smallest absolute Gasteiger partial charge is 0.251 e. The van der Waals surface area contributed by atoms with Gasteiger partial charge >= 0.3 is 0 Å². The molecule has 0 bridgehead atoms. The summed E-state index contributed by atoms with van der Waals surface area (Å²) in [5.74, 6) is 0.555. The minimum atomic E-state index is -0.0891. The van der Waals surface area contributed by atoms with Crippen molar-refractivity contribution in [1.29, 1.82) is 0 Å². The molecule has 5 nitrogen and oxygen atoms in total. The van der Waals surface area contributed by atoms with Crippen LogP contribution in [0.1, 0.15) is 39.3 Å². The molecule has 1 aromatic heterocycles. The Morgan fingerprint density at radius 1 is 1.14 bits per heavy atom. The van der Waals surface area contributed by atoms with Crippen LogP contribution in [0.5, 0.6) is 5.75 Å². The van der Waals surface area contributed by atoms with Gasteiger partial charge in [0.2, 0.25) is 0 Å². The predicted octanol–water partition coefficient (Wildman–Crippen LogP) is 4.86. The Balaban J connectivity index is 1.51. The first-order chi connectivity index (χ1) is 13.9. The van der Waals surface area contributed by atoms with E-state index >= 15 is 0 Å². The van der Waals surface area contributed by atoms with Crippen LogP contribution in [-0.4, -0.2) is 22.2 Å². The SMILES string of the molecule is Cc1ccc(Cl)c(OCc2cccc(C(=O)NCCCn3nc(C)cc3C)c2)c1. The lowest BCUT2D eigenvalue weighted by atomic mass is 10.1. The molecule has 0 aliphatic carbocycles. The molecule has 3 rings (SSSR count). The van der Waals surface area contributed by atoms with Gasteiger partial charge in [0, 0.05) is 24.3 Å². The van der Waals surface area contributed by atoms with Crippen LogP contribution in [0.4, 0.5) is 0 Å². The van der Waals surface area contributed by atoms with Crippen molar-refractivity contribution in [2.45, 2.75) is 40.3 Å². The molecule has 2 aromatic carbocycles. The molecule has 0 radical (unpaired) electrons. The number of aryl methyl sites for hydroxylation is 4. The van der Waals surface area contributed by atoms with Gasteiger partial charge in [-0.25, -0.2) is 0 Å². The molecular weight excluding hydrogens is 386 g/mol. The van der Waals surface area contributed by atoms with Crippen molar-refractivity contribution < 1.29 is 9.53 Å². The third-order valence-corrected chi connectivity index (χ3v) is 4.92. The highest BCUT2D eigenvalue weighted by molar-refractivity contribution is 6.32. The monoisotopic (exact) mass is 411 g/mol. The first-order valence-electron chi connectivity index (χ1n) is 9.69. The number of hydrogen-bond acceptors (Lipinski definition) is 3. The zero-order chi connectivity index (χ0) is 20.8. The Kier molecular flexibility index (Phi) is 6.94. The molecule has 1 heterocycles. The Morgan fingerprint density at radius 3 is 2.72 bits per heavy atom. The third kappa shape index (κ3) is 5.84. The lowest BCUT2D eigenvalue weighted by Gasteiger charge is -2.10. The second-order valence-electron chi connectivity index (χ2n) is 7.18. The van der Waals surface area contributed by atoms with Crippen LogP contribution < -0.4 is 10.1 Å². The van der Waals surface area contributed by atoms with E-state index in [1.807, 2.05) is 61.9 Å². The van der Waals surface area contributed by atoms with E-state index in [2.05, 4.69) is 16.5 Å². The molecule has 1 N–H and O–H groups in total. The summed E-state index contributed by atoms with van der Waals surface area (Å²) in [5.41, 5.74) is 4.76. The maximum atomic E-state index is 12.5. The lowest BCUT2D eigenvalue weighted by Crippen LogP contribution is -2.25. The number of nitrogens with zero attached hydrogens (tertiary/aromatic N) is 2. The summed E-state index contributed by atoms with van der Waals surface area (Å²) in [6, 6.07) is 15.2. The van der Waals surface area contributed by atoms with Gasteiger partial charge in [-0.2, -0.15) is 5.10 Å². The van der Waals surface area contributed by atoms with E-state index in [1.54, 1.807) is 6.07 Å². The molecule has 0 aliphatic heterocycles. The summed E-state index contributed by atoms with van der Waals surface area (Å²) >= 11 is 6.18. The van der Waals surface area contributed by atoms with Gasteiger partial charge in [0.05, 0.1) is 10.7 Å². The topological polar surface area (TPSA) is 56.1 Å². The number of carbonyl (C=O) groups excluding carboxylic acids is 1. The van der Waals surface area contributed by atoms with Gasteiger partial charge in [-0.3, -0.25) is 9.48 Å². The molecule has 0 saturated carbocycles. The molecule has 0 spiro atoms. The number of halogens is 1. The Labute approximate surface area is 176 Å². The molecule has 29 heavy (non-hydrogen) atoms. The second-order valence-corrected chi connectivity index (χ2v) is 7.59. The number of amides is 1. The van der Waals surface area contributed by atoms with E-state index in [0.29, 0.717) is 29.5 Å². The molecule has 0 atom stereocenters. The normalized spacial score (nSPS) is 10.8. The van der Waals surface area contributed by atoms with Crippen molar-refractivity contribution in [3.63, 3.8) is 0 Å². The highest BCUT2D eigenvalue weighted by atomic mass is 35.5. The minimum absolute atomic E-state index is 0.0891. The van der Waals surface area contributed by atoms with Crippen LogP contribution >= 0.6 is 11.6 Å². The van der Waals surface area contributed by atoms with Crippen molar-refractivity contribution in [1.82, 2.24) is 15.1 Å². The van der Waals surface area contributed by atoms with E-state index in [0.717, 1.165) is 35.5 Å². The van der Waals surface area contributed by atoms with Crippen LogP contribution in [0.15, 0.2) is 48.5 Å². The zero-order valence-electron chi connectivity index (χ0n) is 17.0. The van der Waals surface area contributed by atoms with Crippen LogP contribution in [0.2, 0.25) is 5.02 Å². The number of benzene rings is 2. The van der Waals surface area contributed by atoms with Gasteiger partial charge in [0.15, 0.2) is 0 Å². The summed E-state index contributed by atoms with van der Waals surface area (Å²) in [5, 5.41) is 7.98. The molecule has 0 fully saturated rings. The Morgan fingerprint density at radius 2 is 1.97 bits per heavy atom. The van der Waals surface area contributed by atoms with Crippen molar-refractivity contribution in [3.8, 4) is 5.75 Å². The second kappa shape index (κ2) is 9.61. The van der Waals surface area contributed by atoms with Gasteiger partial charge in [-0.05, 0) is 68.7 Å². The average Bonchev–Trinajstić information content (AvgIpc) is 3.03. The average molecular weight is 412 g/mol. The van der Waals surface area contributed by atoms with Crippen LogP contribution in [0, 0.1) is 20.8 Å². The maximum Gasteiger partial charge on any atom is 0.251 e. The molecule has 3 aromatic rings. The van der Waals surface area contributed by atoms with E-state index in [9.17, 15) is 4.79 Å². The summed E-state index contributed by atoms with van der Waals surface area (Å²) in [4.78, 5) is 12.5. The first kappa shape index (κ1) is 20.9. The highest BCUT2D eigenvalue weighted by Gasteiger charge is 2.08. The molecule has 152 valence electrons. The fourth-order valence-electron chi connectivity index (χ4n) is 3.12. The largest absolute Gasteiger partial charge is 0.487 e. The van der Waals surface area contributed by atoms with Crippen LogP contribution in [-0.2, 0) is 13.2 Å². The number of hydrogen-bond donors (Lipinski definition) is 1. The van der Waals surface area contributed by atoms with Gasteiger partial charge in [-0.1, -0.05) is 29.8 Å². The van der Waals surface area contributed by atoms with Gasteiger partial charge in [-0.15, -0.1) is 0 Å². The minimum Gasteiger partial charge on any atom is -0.487 e. The zero-order valence-corrected chi connectivity index (χ0v) is 17.8. The third-order valence-electron chi connectivity index (χ3n) is 4.61. The van der Waals surface area contributed by atoms with E-state index in [1.165, 1.54) is 0 Å². The molecule has 1 amide bonds.